The van der Waals surface area contributed by atoms with E-state index >= 15 is 0 Å². The Hall–Kier alpha value is -18.7. The molecule has 0 radical (unpaired) electrons. The van der Waals surface area contributed by atoms with E-state index in [4.69, 9.17) is 0 Å². The zero-order chi connectivity index (χ0) is 94.8. The lowest BCUT2D eigenvalue weighted by Crippen LogP contribution is -2.21. The van der Waals surface area contributed by atoms with Crippen molar-refractivity contribution in [3.05, 3.63) is 563 Å². The highest BCUT2D eigenvalue weighted by molar-refractivity contribution is 6.23. The predicted molar refractivity (Wildman–Crippen MR) is 612 cm³/mol. The normalized spacial score (nSPS) is 13.3. The summed E-state index contributed by atoms with van der Waals surface area (Å²) in [6, 6.07) is 197. The molecule has 144 heavy (non-hydrogen) atoms. The summed E-state index contributed by atoms with van der Waals surface area (Å²) in [6.07, 6.45) is 7.45. The van der Waals surface area contributed by atoms with Gasteiger partial charge in [0.2, 0.25) is 0 Å². The molecule has 0 aliphatic heterocycles. The molecule has 2 aromatic heterocycles. The van der Waals surface area contributed by atoms with Crippen molar-refractivity contribution in [3.8, 4) is 89.3 Å². The van der Waals surface area contributed by atoms with E-state index in [9.17, 15) is 0 Å². The highest BCUT2D eigenvalue weighted by Gasteiger charge is 2.32. The molecule has 4 heteroatoms. The summed E-state index contributed by atoms with van der Waals surface area (Å²) in [5.41, 5.74) is 32.3. The van der Waals surface area contributed by atoms with Gasteiger partial charge in [0.1, 0.15) is 0 Å². The minimum atomic E-state index is -0.0452. The molecule has 2 heterocycles. The fourth-order valence-electron chi connectivity index (χ4n) is 23.9. The minimum absolute atomic E-state index is 0.00456. The molecule has 0 saturated carbocycles. The van der Waals surface area contributed by atoms with Gasteiger partial charge in [-0.3, -0.25) is 0 Å². The zero-order valence-electron chi connectivity index (χ0n) is 78.9. The molecule has 27 aromatic rings. The maximum Gasteiger partial charge on any atom is 0.0619 e. The number of fused-ring (bicyclic) bond motifs is 16. The number of benzene rings is 25. The van der Waals surface area contributed by atoms with Gasteiger partial charge in [0.05, 0.1) is 50.5 Å². The Morgan fingerprint density at radius 1 is 0.188 bits per heavy atom. The number of rotatable bonds is 17. The van der Waals surface area contributed by atoms with Crippen LogP contribution in [0.3, 0.4) is 0 Å². The standard InChI is InChI=1S/C140H92N4/c1-3-33-94(34-4-1)112-78-71-99(89-138(112)144-134-65-26-22-55-129(134)139-113-47-13-10-38-96(113)73-83-137(139)144)92-68-74-104(75-69-92)141(131-62-23-19-46-111(131)103-67-66-91-32-7-8-40-98(91)86-103)135-84-82-123(121-50-16-17-51-125(121)135)119-61-31-59-115-108(56-30-60-118(115)119)102-72-77-109-100(87-102)43-29-57-116(109)122-81-85-136(126-52-18-15-49-120(122)126)142(132-63-24-20-53-124(132)117-58-28-41-93-37-9-12-45-107(93)117)106-76-80-110(130(90-106)95-35-5-2-6-36-95)101-42-27-44-105(88-101)143-133-64-25-21-54-127(133)128-79-70-97-39-11-14-48-114(97)140(128)143/h1-90,110,130H. The van der Waals surface area contributed by atoms with E-state index in [1.807, 2.05) is 0 Å². The van der Waals surface area contributed by atoms with Gasteiger partial charge in [-0.2, -0.15) is 0 Å². The molecule has 0 amide bonds. The molecule has 0 saturated heterocycles. The quantitative estimate of drug-likeness (QED) is 0.0903. The van der Waals surface area contributed by atoms with E-state index in [-0.39, 0.29) is 11.8 Å². The maximum absolute atomic E-state index is 2.56. The van der Waals surface area contributed by atoms with Crippen LogP contribution in [0.1, 0.15) is 23.0 Å². The molecule has 0 spiro atoms. The first-order valence-electron chi connectivity index (χ1n) is 50.0. The molecule has 0 fully saturated rings. The van der Waals surface area contributed by atoms with Crippen molar-refractivity contribution in [2.24, 2.45) is 0 Å². The summed E-state index contributed by atoms with van der Waals surface area (Å²) in [5.74, 6) is -0.0497. The molecule has 1 aliphatic rings. The SMILES string of the molecule is C1=CC(c2cccc(-n3c4ccccc4c4ccc5ccccc5c43)c2)C(c2ccccc2)C=C1N(c1ccccc1-c1cccc2ccccc12)c1ccc(-c2cccc3cc(-c4cccc5c(-c6ccc(N(c7ccc(-c8ccc(-c9ccccc9)c(-n9c%10ccccc%10c%10c%11ccccc%11ccc%109)c8)cc7)c7ccccc7-c7ccc8ccccc8c7)c7ccccc67)cccc45)ccc23)c2ccccc12. The molecule has 25 aromatic carbocycles. The van der Waals surface area contributed by atoms with Crippen molar-refractivity contribution in [1.82, 2.24) is 9.13 Å². The molecule has 1 aliphatic carbocycles. The molecule has 2 atom stereocenters. The summed E-state index contributed by atoms with van der Waals surface area (Å²) in [5, 5.41) is 24.1. The van der Waals surface area contributed by atoms with Crippen molar-refractivity contribution in [2.75, 3.05) is 9.80 Å². The topological polar surface area (TPSA) is 16.3 Å². The van der Waals surface area contributed by atoms with Crippen LogP contribution < -0.4 is 9.80 Å². The molecular formula is C140H92N4. The van der Waals surface area contributed by atoms with Crippen LogP contribution in [-0.2, 0) is 0 Å². The number of nitrogens with zero attached hydrogens (tertiary/aromatic N) is 4. The molecular weight excluding hydrogens is 1740 g/mol. The molecule has 0 bridgehead atoms. The number of anilines is 5. The number of aromatic nitrogens is 2. The van der Waals surface area contributed by atoms with E-state index in [1.54, 1.807) is 0 Å². The first-order valence-corrected chi connectivity index (χ1v) is 50.0. The van der Waals surface area contributed by atoms with E-state index in [2.05, 4.69) is 565 Å². The molecule has 28 rings (SSSR count). The predicted octanol–water partition coefficient (Wildman–Crippen LogP) is 38.4. The Labute approximate surface area is 835 Å². The van der Waals surface area contributed by atoms with Crippen LogP contribution in [0.2, 0.25) is 0 Å². The van der Waals surface area contributed by atoms with Gasteiger partial charge >= 0.3 is 0 Å². The Balaban J connectivity index is 0.543. The van der Waals surface area contributed by atoms with Gasteiger partial charge in [-0.1, -0.05) is 455 Å². The smallest absolute Gasteiger partial charge is 0.0619 e. The third kappa shape index (κ3) is 14.0. The average molecular weight is 1830 g/mol. The van der Waals surface area contributed by atoms with Gasteiger partial charge in [0.25, 0.3) is 0 Å². The second kappa shape index (κ2) is 34.7. The molecule has 2 unspecified atom stereocenters. The van der Waals surface area contributed by atoms with Crippen LogP contribution in [0.5, 0.6) is 0 Å². The van der Waals surface area contributed by atoms with E-state index in [1.165, 1.54) is 169 Å². The summed E-state index contributed by atoms with van der Waals surface area (Å²) >= 11 is 0. The van der Waals surface area contributed by atoms with E-state index in [0.717, 1.165) is 95.0 Å². The lowest BCUT2D eigenvalue weighted by atomic mass is 9.78. The van der Waals surface area contributed by atoms with Crippen molar-refractivity contribution in [2.45, 2.75) is 11.8 Å². The van der Waals surface area contributed by atoms with Crippen LogP contribution in [0, 0.1) is 0 Å². The van der Waals surface area contributed by atoms with Gasteiger partial charge in [0.15, 0.2) is 0 Å². The highest BCUT2D eigenvalue weighted by Crippen LogP contribution is 2.54. The fraction of sp³-hybridized carbons (Fsp3) is 0.0143. The largest absolute Gasteiger partial charge is 0.310 e. The van der Waals surface area contributed by atoms with E-state index < -0.39 is 0 Å². The second-order valence-corrected chi connectivity index (χ2v) is 38.3. The van der Waals surface area contributed by atoms with Crippen molar-refractivity contribution >= 4 is 158 Å². The third-order valence-corrected chi connectivity index (χ3v) is 30.5. The zero-order valence-corrected chi connectivity index (χ0v) is 78.9. The summed E-state index contributed by atoms with van der Waals surface area (Å²) in [7, 11) is 0. The molecule has 0 N–H and O–H groups in total. The van der Waals surface area contributed by atoms with Crippen molar-refractivity contribution in [3.63, 3.8) is 0 Å². The summed E-state index contributed by atoms with van der Waals surface area (Å²) < 4.78 is 4.99. The maximum atomic E-state index is 2.56. The van der Waals surface area contributed by atoms with Crippen LogP contribution in [-0.4, -0.2) is 9.13 Å². The Bertz CT molecular complexity index is 9940. The van der Waals surface area contributed by atoms with Gasteiger partial charge in [-0.15, -0.1) is 0 Å². The van der Waals surface area contributed by atoms with Crippen LogP contribution in [0.15, 0.2) is 552 Å². The fourth-order valence-corrected chi connectivity index (χ4v) is 23.9. The van der Waals surface area contributed by atoms with E-state index in [0.29, 0.717) is 0 Å². The summed E-state index contributed by atoms with van der Waals surface area (Å²) in [6.45, 7) is 0. The molecule has 672 valence electrons. The monoisotopic (exact) mass is 1830 g/mol. The Kier molecular flexibility index (Phi) is 20.1. The highest BCUT2D eigenvalue weighted by atomic mass is 15.2. The molecule has 4 nitrogen and oxygen atoms in total. The van der Waals surface area contributed by atoms with Crippen LogP contribution >= 0.6 is 0 Å². The Morgan fingerprint density at radius 3 is 1.36 bits per heavy atom. The lowest BCUT2D eigenvalue weighted by Gasteiger charge is -2.35. The lowest BCUT2D eigenvalue weighted by molar-refractivity contribution is 0.720. The number of hydrogen-bond acceptors (Lipinski definition) is 2. The van der Waals surface area contributed by atoms with Gasteiger partial charge in [-0.05, 0) is 233 Å². The third-order valence-electron chi connectivity index (χ3n) is 30.5. The second-order valence-electron chi connectivity index (χ2n) is 38.3. The number of para-hydroxylation sites is 4. The van der Waals surface area contributed by atoms with Crippen molar-refractivity contribution in [1.29, 1.82) is 0 Å². The van der Waals surface area contributed by atoms with Gasteiger partial charge in [-0.25, -0.2) is 0 Å². The number of allylic oxidation sites excluding steroid dienone is 3. The Morgan fingerprint density at radius 2 is 0.625 bits per heavy atom. The van der Waals surface area contributed by atoms with Crippen molar-refractivity contribution < 1.29 is 0 Å². The first-order chi connectivity index (χ1) is 71.5. The van der Waals surface area contributed by atoms with Crippen LogP contribution in [0.4, 0.5) is 28.4 Å². The van der Waals surface area contributed by atoms with Gasteiger partial charge in [0, 0.05) is 83.3 Å². The summed E-state index contributed by atoms with van der Waals surface area (Å²) in [4.78, 5) is 5.06. The number of hydrogen-bond donors (Lipinski definition) is 0. The minimum Gasteiger partial charge on any atom is -0.310 e. The van der Waals surface area contributed by atoms with Gasteiger partial charge < -0.3 is 18.9 Å². The average Bonchev–Trinajstić information content (AvgIpc) is 1.65. The van der Waals surface area contributed by atoms with Crippen LogP contribution in [0.25, 0.3) is 219 Å². The first kappa shape index (κ1) is 83.4.